The van der Waals surface area contributed by atoms with Crippen molar-refractivity contribution in [2.75, 3.05) is 0 Å². The first kappa shape index (κ1) is 9.65. The fraction of sp³-hybridized carbons (Fsp3) is 0.273. The summed E-state index contributed by atoms with van der Waals surface area (Å²) in [6.07, 6.45) is 1.34. The van der Waals surface area contributed by atoms with E-state index >= 15 is 0 Å². The van der Waals surface area contributed by atoms with E-state index in [1.807, 2.05) is 32.0 Å². The van der Waals surface area contributed by atoms with Gasteiger partial charge >= 0.3 is 0 Å². The monoisotopic (exact) mass is 175 g/mol. The maximum atomic E-state index is 10.6. The molecule has 0 N–H and O–H groups in total. The maximum absolute atomic E-state index is 10.6. The van der Waals surface area contributed by atoms with Gasteiger partial charge in [-0.05, 0) is 37.1 Å². The fourth-order valence-corrected chi connectivity index (χ4v) is 0.971. The van der Waals surface area contributed by atoms with Crippen LogP contribution in [0.3, 0.4) is 0 Å². The Morgan fingerprint density at radius 3 is 2.54 bits per heavy atom. The molecule has 0 aliphatic heterocycles. The summed E-state index contributed by atoms with van der Waals surface area (Å²) in [6.45, 7) is 5.57. The summed E-state index contributed by atoms with van der Waals surface area (Å²) in [5.41, 5.74) is 3.26. The Morgan fingerprint density at radius 2 is 2.00 bits per heavy atom. The minimum absolute atomic E-state index is 0.0294. The molecule has 0 spiro atoms. The summed E-state index contributed by atoms with van der Waals surface area (Å²) in [7, 11) is 0. The van der Waals surface area contributed by atoms with Gasteiger partial charge in [0.15, 0.2) is 5.78 Å². The zero-order valence-electron chi connectivity index (χ0n) is 8.16. The van der Waals surface area contributed by atoms with E-state index in [0.717, 1.165) is 5.69 Å². The number of hydrogen-bond donors (Lipinski definition) is 0. The van der Waals surface area contributed by atoms with Crippen LogP contribution in [0.1, 0.15) is 18.1 Å². The first-order valence-electron chi connectivity index (χ1n) is 4.21. The van der Waals surface area contributed by atoms with Gasteiger partial charge in [0, 0.05) is 6.92 Å². The van der Waals surface area contributed by atoms with Crippen molar-refractivity contribution in [3.05, 3.63) is 29.3 Å². The van der Waals surface area contributed by atoms with Crippen molar-refractivity contribution in [1.29, 1.82) is 0 Å². The number of rotatable bonds is 2. The lowest BCUT2D eigenvalue weighted by Gasteiger charge is -1.99. The van der Waals surface area contributed by atoms with Gasteiger partial charge in [0.25, 0.3) is 0 Å². The molecule has 0 unspecified atom stereocenters. The minimum Gasteiger partial charge on any atom is -0.293 e. The number of carbonyl (C=O) groups is 1. The van der Waals surface area contributed by atoms with Crippen LogP contribution in [-0.4, -0.2) is 12.0 Å². The third kappa shape index (κ3) is 2.82. The molecule has 2 nitrogen and oxygen atoms in total. The van der Waals surface area contributed by atoms with E-state index in [4.69, 9.17) is 0 Å². The average Bonchev–Trinajstić information content (AvgIpc) is 2.07. The van der Waals surface area contributed by atoms with Crippen LogP contribution in [-0.2, 0) is 4.79 Å². The molecule has 13 heavy (non-hydrogen) atoms. The van der Waals surface area contributed by atoms with Crippen LogP contribution >= 0.6 is 0 Å². The standard InChI is InChI=1S/C11H13NO/c1-8-4-5-11(6-9(8)2)12-7-10(3)13/h4-7H,1-3H3. The molecule has 1 aromatic rings. The highest BCUT2D eigenvalue weighted by atomic mass is 16.1. The number of carbonyl (C=O) groups excluding carboxylic acids is 1. The molecule has 0 saturated carbocycles. The molecule has 0 aromatic heterocycles. The summed E-state index contributed by atoms with van der Waals surface area (Å²) < 4.78 is 0. The molecule has 0 atom stereocenters. The predicted octanol–water partition coefficient (Wildman–Crippen LogP) is 2.59. The fourth-order valence-electron chi connectivity index (χ4n) is 0.971. The van der Waals surface area contributed by atoms with Gasteiger partial charge in [-0.15, -0.1) is 0 Å². The van der Waals surface area contributed by atoms with Gasteiger partial charge in [-0.1, -0.05) is 6.07 Å². The Kier molecular flexibility index (Phi) is 2.96. The SMILES string of the molecule is CC(=O)C=Nc1ccc(C)c(C)c1. The smallest absolute Gasteiger partial charge is 0.170 e. The number of benzene rings is 1. The number of hydrogen-bond acceptors (Lipinski definition) is 2. The number of Topliss-reactive ketones (excluding diaryl/α,β-unsaturated/α-hetero) is 1. The van der Waals surface area contributed by atoms with E-state index in [1.165, 1.54) is 24.3 Å². The third-order valence-corrected chi connectivity index (χ3v) is 1.89. The summed E-state index contributed by atoms with van der Waals surface area (Å²) >= 11 is 0. The zero-order valence-corrected chi connectivity index (χ0v) is 8.16. The van der Waals surface area contributed by atoms with Gasteiger partial charge in [0.2, 0.25) is 0 Å². The van der Waals surface area contributed by atoms with E-state index in [-0.39, 0.29) is 5.78 Å². The van der Waals surface area contributed by atoms with Crippen LogP contribution in [0.2, 0.25) is 0 Å². The maximum Gasteiger partial charge on any atom is 0.170 e. The van der Waals surface area contributed by atoms with Crippen LogP contribution in [0.15, 0.2) is 23.2 Å². The Bertz CT molecular complexity index is 353. The summed E-state index contributed by atoms with van der Waals surface area (Å²) in [5, 5.41) is 0. The van der Waals surface area contributed by atoms with Crippen LogP contribution in [0.5, 0.6) is 0 Å². The Morgan fingerprint density at radius 1 is 1.31 bits per heavy atom. The van der Waals surface area contributed by atoms with Crippen molar-refractivity contribution in [1.82, 2.24) is 0 Å². The zero-order chi connectivity index (χ0) is 9.84. The Balaban J connectivity index is 2.92. The second-order valence-electron chi connectivity index (χ2n) is 3.14. The highest BCUT2D eigenvalue weighted by Crippen LogP contribution is 2.16. The van der Waals surface area contributed by atoms with Crippen LogP contribution in [0.4, 0.5) is 5.69 Å². The van der Waals surface area contributed by atoms with Crippen molar-refractivity contribution < 1.29 is 4.79 Å². The molecule has 1 rings (SSSR count). The van der Waals surface area contributed by atoms with Gasteiger partial charge in [-0.2, -0.15) is 0 Å². The molecule has 0 aliphatic rings. The largest absolute Gasteiger partial charge is 0.293 e. The topological polar surface area (TPSA) is 29.4 Å². The average molecular weight is 175 g/mol. The molecule has 0 heterocycles. The van der Waals surface area contributed by atoms with Crippen LogP contribution < -0.4 is 0 Å². The van der Waals surface area contributed by atoms with E-state index < -0.39 is 0 Å². The highest BCUT2D eigenvalue weighted by Gasteiger charge is 1.93. The molecular formula is C11H13NO. The van der Waals surface area contributed by atoms with E-state index in [9.17, 15) is 4.79 Å². The quantitative estimate of drug-likeness (QED) is 0.635. The number of ketones is 1. The second kappa shape index (κ2) is 3.99. The lowest BCUT2D eigenvalue weighted by molar-refractivity contribution is -0.110. The van der Waals surface area contributed by atoms with Crippen molar-refractivity contribution in [2.45, 2.75) is 20.8 Å². The molecule has 0 bridgehead atoms. The molecule has 0 radical (unpaired) electrons. The van der Waals surface area contributed by atoms with Crippen molar-refractivity contribution in [2.24, 2.45) is 4.99 Å². The first-order valence-corrected chi connectivity index (χ1v) is 4.21. The predicted molar refractivity (Wildman–Crippen MR) is 54.7 cm³/mol. The molecular weight excluding hydrogens is 162 g/mol. The summed E-state index contributed by atoms with van der Waals surface area (Å²) in [4.78, 5) is 14.7. The van der Waals surface area contributed by atoms with Gasteiger partial charge in [0.05, 0.1) is 11.9 Å². The second-order valence-corrected chi connectivity index (χ2v) is 3.14. The van der Waals surface area contributed by atoms with Crippen molar-refractivity contribution in [3.63, 3.8) is 0 Å². The number of aliphatic imine (C=N–C) groups is 1. The van der Waals surface area contributed by atoms with Crippen molar-refractivity contribution >= 4 is 17.7 Å². The Labute approximate surface area is 78.3 Å². The molecule has 0 saturated heterocycles. The van der Waals surface area contributed by atoms with Gasteiger partial charge in [0.1, 0.15) is 0 Å². The lowest BCUT2D eigenvalue weighted by atomic mass is 10.1. The summed E-state index contributed by atoms with van der Waals surface area (Å²) in [6, 6.07) is 5.87. The lowest BCUT2D eigenvalue weighted by Crippen LogP contribution is -1.88. The molecule has 0 amide bonds. The molecule has 1 aromatic carbocycles. The van der Waals surface area contributed by atoms with Gasteiger partial charge in [-0.25, -0.2) is 0 Å². The number of nitrogens with zero attached hydrogens (tertiary/aromatic N) is 1. The van der Waals surface area contributed by atoms with Gasteiger partial charge < -0.3 is 0 Å². The van der Waals surface area contributed by atoms with Gasteiger partial charge in [-0.3, -0.25) is 9.79 Å². The highest BCUT2D eigenvalue weighted by molar-refractivity contribution is 6.26. The molecule has 2 heteroatoms. The molecule has 68 valence electrons. The van der Waals surface area contributed by atoms with E-state index in [1.54, 1.807) is 0 Å². The van der Waals surface area contributed by atoms with E-state index in [2.05, 4.69) is 4.99 Å². The Hall–Kier alpha value is -1.44. The third-order valence-electron chi connectivity index (χ3n) is 1.89. The van der Waals surface area contributed by atoms with Crippen molar-refractivity contribution in [3.8, 4) is 0 Å². The summed E-state index contributed by atoms with van der Waals surface area (Å²) in [5.74, 6) is -0.0294. The molecule has 0 aliphatic carbocycles. The molecule has 0 fully saturated rings. The van der Waals surface area contributed by atoms with Crippen LogP contribution in [0, 0.1) is 13.8 Å². The normalized spacial score (nSPS) is 10.7. The van der Waals surface area contributed by atoms with E-state index in [0.29, 0.717) is 0 Å². The number of aryl methyl sites for hydroxylation is 2. The minimum atomic E-state index is -0.0294. The van der Waals surface area contributed by atoms with Crippen LogP contribution in [0.25, 0.3) is 0 Å². The first-order chi connectivity index (χ1) is 6.09.